The third-order valence-corrected chi connectivity index (χ3v) is 4.58. The summed E-state index contributed by atoms with van der Waals surface area (Å²) in [5, 5.41) is 9.81. The molecule has 1 atom stereocenters. The highest BCUT2D eigenvalue weighted by Gasteiger charge is 2.22. The van der Waals surface area contributed by atoms with E-state index in [1.807, 2.05) is 18.2 Å². The topological polar surface area (TPSA) is 29.5 Å². The SMILES string of the molecule is CCC1CCC(Oc2cc(Br)ccc2C(C)O)CC1. The highest BCUT2D eigenvalue weighted by atomic mass is 79.9. The Kier molecular flexibility index (Phi) is 5.28. The van der Waals surface area contributed by atoms with Crippen LogP contribution in [0.1, 0.15) is 57.6 Å². The van der Waals surface area contributed by atoms with Gasteiger partial charge in [-0.05, 0) is 50.7 Å². The Balaban J connectivity index is 2.04. The summed E-state index contributed by atoms with van der Waals surface area (Å²) in [6.07, 6.45) is 5.87. The number of hydrogen-bond acceptors (Lipinski definition) is 2. The zero-order valence-electron chi connectivity index (χ0n) is 11.7. The van der Waals surface area contributed by atoms with Crippen LogP contribution >= 0.6 is 15.9 Å². The molecule has 0 bridgehead atoms. The Morgan fingerprint density at radius 1 is 1.32 bits per heavy atom. The number of ether oxygens (including phenoxy) is 1. The van der Waals surface area contributed by atoms with Crippen molar-refractivity contribution < 1.29 is 9.84 Å². The van der Waals surface area contributed by atoms with E-state index in [1.165, 1.54) is 19.3 Å². The van der Waals surface area contributed by atoms with Gasteiger partial charge in [0.25, 0.3) is 0 Å². The summed E-state index contributed by atoms with van der Waals surface area (Å²) in [5.74, 6) is 1.70. The van der Waals surface area contributed by atoms with E-state index in [0.717, 1.165) is 34.5 Å². The van der Waals surface area contributed by atoms with Gasteiger partial charge in [0.15, 0.2) is 0 Å². The van der Waals surface area contributed by atoms with Crippen LogP contribution in [0.5, 0.6) is 5.75 Å². The number of halogens is 1. The van der Waals surface area contributed by atoms with Crippen molar-refractivity contribution in [1.29, 1.82) is 0 Å². The van der Waals surface area contributed by atoms with Gasteiger partial charge < -0.3 is 9.84 Å². The molecule has 1 aliphatic carbocycles. The molecule has 0 amide bonds. The van der Waals surface area contributed by atoms with Gasteiger partial charge in [0.1, 0.15) is 5.75 Å². The summed E-state index contributed by atoms with van der Waals surface area (Å²) in [7, 11) is 0. The fourth-order valence-corrected chi connectivity index (χ4v) is 3.13. The van der Waals surface area contributed by atoms with Crippen molar-refractivity contribution >= 4 is 15.9 Å². The second kappa shape index (κ2) is 6.76. The number of hydrogen-bond donors (Lipinski definition) is 1. The van der Waals surface area contributed by atoms with Gasteiger partial charge in [-0.25, -0.2) is 0 Å². The molecule has 0 saturated heterocycles. The van der Waals surface area contributed by atoms with Gasteiger partial charge in [-0.15, -0.1) is 0 Å². The van der Waals surface area contributed by atoms with Crippen LogP contribution in [0.25, 0.3) is 0 Å². The third kappa shape index (κ3) is 3.96. The average molecular weight is 327 g/mol. The lowest BCUT2D eigenvalue weighted by atomic mass is 9.86. The molecule has 2 rings (SSSR count). The molecule has 0 aromatic heterocycles. The van der Waals surface area contributed by atoms with Crippen molar-refractivity contribution in [2.24, 2.45) is 5.92 Å². The molecule has 1 fully saturated rings. The standard InChI is InChI=1S/C16H23BrO2/c1-3-12-4-7-14(8-5-12)19-16-10-13(17)6-9-15(16)11(2)18/h6,9-12,14,18H,3-5,7-8H2,1-2H3. The van der Waals surface area contributed by atoms with E-state index in [-0.39, 0.29) is 0 Å². The van der Waals surface area contributed by atoms with Crippen LogP contribution in [0.15, 0.2) is 22.7 Å². The van der Waals surface area contributed by atoms with Crippen molar-refractivity contribution in [3.8, 4) is 5.75 Å². The minimum Gasteiger partial charge on any atom is -0.490 e. The second-order valence-corrected chi connectivity index (χ2v) is 6.44. The van der Waals surface area contributed by atoms with Crippen molar-refractivity contribution in [3.05, 3.63) is 28.2 Å². The van der Waals surface area contributed by atoms with Gasteiger partial charge in [0.05, 0.1) is 12.2 Å². The molecule has 19 heavy (non-hydrogen) atoms. The van der Waals surface area contributed by atoms with E-state index >= 15 is 0 Å². The van der Waals surface area contributed by atoms with Crippen molar-refractivity contribution in [2.45, 2.75) is 58.2 Å². The van der Waals surface area contributed by atoms with E-state index < -0.39 is 6.10 Å². The number of benzene rings is 1. The predicted molar refractivity (Wildman–Crippen MR) is 81.4 cm³/mol. The first-order valence-corrected chi connectivity index (χ1v) is 8.03. The maximum atomic E-state index is 9.81. The smallest absolute Gasteiger partial charge is 0.126 e. The normalized spacial score (nSPS) is 25.1. The largest absolute Gasteiger partial charge is 0.490 e. The van der Waals surface area contributed by atoms with Crippen LogP contribution in [-0.2, 0) is 0 Å². The second-order valence-electron chi connectivity index (χ2n) is 5.53. The molecule has 1 unspecified atom stereocenters. The average Bonchev–Trinajstić information content (AvgIpc) is 2.39. The molecule has 1 aromatic carbocycles. The van der Waals surface area contributed by atoms with Crippen LogP contribution in [0, 0.1) is 5.92 Å². The quantitative estimate of drug-likeness (QED) is 0.856. The molecule has 3 heteroatoms. The van der Waals surface area contributed by atoms with Crippen LogP contribution < -0.4 is 4.74 Å². The third-order valence-electron chi connectivity index (χ3n) is 4.09. The van der Waals surface area contributed by atoms with E-state index in [4.69, 9.17) is 4.74 Å². The van der Waals surface area contributed by atoms with Crippen molar-refractivity contribution in [3.63, 3.8) is 0 Å². The lowest BCUT2D eigenvalue weighted by molar-refractivity contribution is 0.122. The summed E-state index contributed by atoms with van der Waals surface area (Å²) in [6.45, 7) is 4.05. The molecule has 1 saturated carbocycles. The molecule has 0 spiro atoms. The van der Waals surface area contributed by atoms with E-state index in [1.54, 1.807) is 6.92 Å². The van der Waals surface area contributed by atoms with E-state index in [2.05, 4.69) is 22.9 Å². The number of rotatable bonds is 4. The molecule has 106 valence electrons. The lowest BCUT2D eigenvalue weighted by Gasteiger charge is -2.29. The zero-order chi connectivity index (χ0) is 13.8. The van der Waals surface area contributed by atoms with Gasteiger partial charge in [-0.2, -0.15) is 0 Å². The van der Waals surface area contributed by atoms with Gasteiger partial charge >= 0.3 is 0 Å². The fraction of sp³-hybridized carbons (Fsp3) is 0.625. The highest BCUT2D eigenvalue weighted by molar-refractivity contribution is 9.10. The maximum absolute atomic E-state index is 9.81. The first-order valence-electron chi connectivity index (χ1n) is 7.24. The number of aliphatic hydroxyl groups is 1. The molecule has 2 nitrogen and oxygen atoms in total. The van der Waals surface area contributed by atoms with Crippen molar-refractivity contribution in [2.75, 3.05) is 0 Å². The Morgan fingerprint density at radius 3 is 2.58 bits per heavy atom. The minimum absolute atomic E-state index is 0.301. The lowest BCUT2D eigenvalue weighted by Crippen LogP contribution is -2.24. The van der Waals surface area contributed by atoms with Gasteiger partial charge in [0.2, 0.25) is 0 Å². The summed E-state index contributed by atoms with van der Waals surface area (Å²) in [6, 6.07) is 5.85. The van der Waals surface area contributed by atoms with Crippen LogP contribution in [0.4, 0.5) is 0 Å². The van der Waals surface area contributed by atoms with E-state index in [9.17, 15) is 5.11 Å². The Hall–Kier alpha value is -0.540. The maximum Gasteiger partial charge on any atom is 0.126 e. The predicted octanol–water partition coefficient (Wildman–Crippen LogP) is 4.85. The molecule has 0 heterocycles. The number of aliphatic hydroxyl groups excluding tert-OH is 1. The van der Waals surface area contributed by atoms with Gasteiger partial charge in [0, 0.05) is 10.0 Å². The molecular weight excluding hydrogens is 304 g/mol. The minimum atomic E-state index is -0.491. The molecule has 1 aromatic rings. The van der Waals surface area contributed by atoms with Crippen LogP contribution in [-0.4, -0.2) is 11.2 Å². The first kappa shape index (κ1) is 14.9. The van der Waals surface area contributed by atoms with E-state index in [0.29, 0.717) is 6.10 Å². The fourth-order valence-electron chi connectivity index (χ4n) is 2.79. The molecule has 0 aliphatic heterocycles. The van der Waals surface area contributed by atoms with Gasteiger partial charge in [-0.1, -0.05) is 35.3 Å². The van der Waals surface area contributed by atoms with Crippen LogP contribution in [0.2, 0.25) is 0 Å². The molecule has 0 radical (unpaired) electrons. The van der Waals surface area contributed by atoms with Gasteiger partial charge in [-0.3, -0.25) is 0 Å². The summed E-state index contributed by atoms with van der Waals surface area (Å²) in [4.78, 5) is 0. The molecule has 1 aliphatic rings. The monoisotopic (exact) mass is 326 g/mol. The Labute approximate surface area is 124 Å². The molecule has 1 N–H and O–H groups in total. The Bertz CT molecular complexity index is 409. The first-order chi connectivity index (χ1) is 9.10. The molecular formula is C16H23BrO2. The van der Waals surface area contributed by atoms with Crippen molar-refractivity contribution in [1.82, 2.24) is 0 Å². The highest BCUT2D eigenvalue weighted by Crippen LogP contribution is 2.33. The van der Waals surface area contributed by atoms with Crippen LogP contribution in [0.3, 0.4) is 0 Å². The summed E-state index contributed by atoms with van der Waals surface area (Å²) >= 11 is 3.47. The Morgan fingerprint density at radius 2 is 2.00 bits per heavy atom. The summed E-state index contributed by atoms with van der Waals surface area (Å²) in [5.41, 5.74) is 0.876. The summed E-state index contributed by atoms with van der Waals surface area (Å²) < 4.78 is 7.13. The zero-order valence-corrected chi connectivity index (χ0v) is 13.3.